The van der Waals surface area contributed by atoms with Gasteiger partial charge in [-0.25, -0.2) is 15.1 Å². The number of halogens is 1. The van der Waals surface area contributed by atoms with Crippen LogP contribution in [0.5, 0.6) is 0 Å². The number of benzene rings is 1. The highest BCUT2D eigenvalue weighted by molar-refractivity contribution is 14.1. The summed E-state index contributed by atoms with van der Waals surface area (Å²) in [5.74, 6) is 0.437. The molecule has 4 rings (SSSR count). The smallest absolute Gasteiger partial charge is 0.333 e. The molecule has 0 saturated heterocycles. The van der Waals surface area contributed by atoms with E-state index >= 15 is 0 Å². The number of aromatic nitrogens is 2. The molecule has 0 bridgehead atoms. The minimum atomic E-state index is -3.94. The van der Waals surface area contributed by atoms with Gasteiger partial charge < -0.3 is 5.32 Å². The minimum absolute atomic E-state index is 0.0555. The lowest BCUT2D eigenvalue weighted by Crippen LogP contribution is -2.22. The van der Waals surface area contributed by atoms with Crippen LogP contribution in [0.15, 0.2) is 48.2 Å². The normalized spacial score (nSPS) is 18.4. The molecule has 1 aliphatic rings. The van der Waals surface area contributed by atoms with E-state index in [4.69, 9.17) is 9.32 Å². The Morgan fingerprint density at radius 1 is 1.27 bits per heavy atom. The molecule has 174 valence electrons. The van der Waals surface area contributed by atoms with Gasteiger partial charge in [-0.05, 0) is 88.9 Å². The van der Waals surface area contributed by atoms with Crippen LogP contribution in [0.25, 0.3) is 0 Å². The molecule has 0 amide bonds. The van der Waals surface area contributed by atoms with E-state index in [1.54, 1.807) is 0 Å². The Bertz CT molecular complexity index is 1250. The average Bonchev–Trinajstić information content (AvgIpc) is 3.41. The molecule has 8 nitrogen and oxygen atoms in total. The number of ketones is 1. The zero-order valence-corrected chi connectivity index (χ0v) is 21.4. The summed E-state index contributed by atoms with van der Waals surface area (Å²) in [6.07, 6.45) is 6.02. The van der Waals surface area contributed by atoms with Gasteiger partial charge in [-0.3, -0.25) is 8.98 Å². The first-order valence-corrected chi connectivity index (χ1v) is 13.8. The Balaban J connectivity index is 1.42. The second kappa shape index (κ2) is 10.6. The largest absolute Gasteiger partial charge is 0.367 e. The molecule has 1 unspecified atom stereocenters. The van der Waals surface area contributed by atoms with Crippen LogP contribution in [0.1, 0.15) is 45.6 Å². The molecule has 1 fully saturated rings. The zero-order chi connectivity index (χ0) is 23.4. The van der Waals surface area contributed by atoms with Crippen molar-refractivity contribution in [2.45, 2.75) is 31.7 Å². The van der Waals surface area contributed by atoms with E-state index in [9.17, 15) is 13.2 Å². The van der Waals surface area contributed by atoms with Crippen LogP contribution in [0.2, 0.25) is 0 Å². The maximum atomic E-state index is 13.2. The van der Waals surface area contributed by atoms with Crippen LogP contribution in [0, 0.1) is 9.49 Å². The van der Waals surface area contributed by atoms with E-state index in [0.29, 0.717) is 22.7 Å². The van der Waals surface area contributed by atoms with Gasteiger partial charge in [0.1, 0.15) is 12.1 Å². The molecule has 2 aromatic heterocycles. The SMILES string of the molecule is NS(=O)(=O)OCC1CC[C@H](Nc2ncncc2C(=O)c2cc(Cc3cccc(I)c3)cs2)C1. The van der Waals surface area contributed by atoms with Crippen LogP contribution in [-0.2, 0) is 20.9 Å². The van der Waals surface area contributed by atoms with E-state index in [-0.39, 0.29) is 24.3 Å². The van der Waals surface area contributed by atoms with Crippen LogP contribution >= 0.6 is 33.9 Å². The number of rotatable bonds is 9. The number of anilines is 1. The van der Waals surface area contributed by atoms with Crippen LogP contribution < -0.4 is 10.5 Å². The first-order chi connectivity index (χ1) is 15.8. The molecule has 0 spiro atoms. The predicted molar refractivity (Wildman–Crippen MR) is 136 cm³/mol. The molecule has 3 aromatic rings. The molecular formula is C22H23IN4O4S2. The van der Waals surface area contributed by atoms with Crippen LogP contribution in [0.4, 0.5) is 5.82 Å². The summed E-state index contributed by atoms with van der Waals surface area (Å²) in [6, 6.07) is 10.3. The Morgan fingerprint density at radius 2 is 2.12 bits per heavy atom. The fraction of sp³-hybridized carbons (Fsp3) is 0.318. The van der Waals surface area contributed by atoms with Gasteiger partial charge in [0, 0.05) is 15.8 Å². The van der Waals surface area contributed by atoms with E-state index in [2.05, 4.69) is 56.1 Å². The van der Waals surface area contributed by atoms with Gasteiger partial charge >= 0.3 is 10.3 Å². The lowest BCUT2D eigenvalue weighted by Gasteiger charge is -2.15. The highest BCUT2D eigenvalue weighted by Crippen LogP contribution is 2.30. The van der Waals surface area contributed by atoms with Crippen molar-refractivity contribution < 1.29 is 17.4 Å². The molecular weight excluding hydrogens is 575 g/mol. The summed E-state index contributed by atoms with van der Waals surface area (Å²) in [5, 5.41) is 10.3. The number of hydrogen-bond donors (Lipinski definition) is 2. The van der Waals surface area contributed by atoms with Crippen molar-refractivity contribution in [3.8, 4) is 0 Å². The second-order valence-electron chi connectivity index (χ2n) is 8.04. The first-order valence-electron chi connectivity index (χ1n) is 10.4. The molecule has 3 N–H and O–H groups in total. The van der Waals surface area contributed by atoms with Crippen molar-refractivity contribution in [2.75, 3.05) is 11.9 Å². The summed E-state index contributed by atoms with van der Waals surface area (Å²) in [5.41, 5.74) is 2.71. The van der Waals surface area contributed by atoms with E-state index < -0.39 is 10.3 Å². The summed E-state index contributed by atoms with van der Waals surface area (Å²) < 4.78 is 27.9. The number of thiophene rings is 1. The number of carbonyl (C=O) groups is 1. The van der Waals surface area contributed by atoms with Gasteiger partial charge in [0.05, 0.1) is 17.0 Å². The molecule has 2 heterocycles. The fourth-order valence-corrected chi connectivity index (χ4v) is 5.81. The first kappa shape index (κ1) is 24.2. The molecule has 33 heavy (non-hydrogen) atoms. The van der Waals surface area contributed by atoms with Crippen LogP contribution in [0.3, 0.4) is 0 Å². The summed E-state index contributed by atoms with van der Waals surface area (Å²) in [7, 11) is -3.94. The molecule has 2 atom stereocenters. The quantitative estimate of drug-likeness (QED) is 0.284. The fourth-order valence-electron chi connectivity index (χ4n) is 3.96. The third-order valence-corrected chi connectivity index (χ3v) is 7.60. The summed E-state index contributed by atoms with van der Waals surface area (Å²) in [4.78, 5) is 22.2. The minimum Gasteiger partial charge on any atom is -0.367 e. The van der Waals surface area contributed by atoms with Crippen molar-refractivity contribution in [1.82, 2.24) is 9.97 Å². The zero-order valence-electron chi connectivity index (χ0n) is 17.6. The maximum absolute atomic E-state index is 13.2. The van der Waals surface area contributed by atoms with Gasteiger partial charge in [-0.15, -0.1) is 11.3 Å². The lowest BCUT2D eigenvalue weighted by atomic mass is 10.1. The standard InChI is InChI=1S/C22H23IN4O4S2/c23-17-3-1-2-14(7-17)6-16-9-20(32-12-16)21(28)19-10-25-13-26-22(19)27-18-5-4-15(8-18)11-31-33(24,29)30/h1-3,7,9-10,12-13,15,18H,4-6,8,11H2,(H2,24,29,30)(H,25,26,27)/t15?,18-/m0/s1. The van der Waals surface area contributed by atoms with Gasteiger partial charge in [0.15, 0.2) is 0 Å². The predicted octanol–water partition coefficient (Wildman–Crippen LogP) is 3.77. The molecule has 1 saturated carbocycles. The molecule has 1 aromatic carbocycles. The molecule has 11 heteroatoms. The van der Waals surface area contributed by atoms with Crippen LogP contribution in [-0.4, -0.2) is 36.8 Å². The third kappa shape index (κ3) is 6.79. The number of nitrogens with one attached hydrogen (secondary N) is 1. The van der Waals surface area contributed by atoms with Crippen molar-refractivity contribution in [2.24, 2.45) is 11.1 Å². The number of carbonyl (C=O) groups excluding carboxylic acids is 1. The Kier molecular flexibility index (Phi) is 7.74. The van der Waals surface area contributed by atoms with Crippen molar-refractivity contribution in [1.29, 1.82) is 0 Å². The summed E-state index contributed by atoms with van der Waals surface area (Å²) in [6.45, 7) is 0.0605. The Hall–Kier alpha value is -1.93. The second-order valence-corrected chi connectivity index (χ2v) is 11.4. The van der Waals surface area contributed by atoms with Crippen molar-refractivity contribution in [3.63, 3.8) is 0 Å². The Morgan fingerprint density at radius 3 is 2.91 bits per heavy atom. The van der Waals surface area contributed by atoms with Gasteiger partial charge in [0.25, 0.3) is 0 Å². The van der Waals surface area contributed by atoms with E-state index in [0.717, 1.165) is 24.8 Å². The van der Waals surface area contributed by atoms with E-state index in [1.165, 1.54) is 33.0 Å². The van der Waals surface area contributed by atoms with Gasteiger partial charge in [-0.1, -0.05) is 12.1 Å². The van der Waals surface area contributed by atoms with Gasteiger partial charge in [-0.2, -0.15) is 8.42 Å². The van der Waals surface area contributed by atoms with Crippen molar-refractivity contribution in [3.05, 3.63) is 73.4 Å². The molecule has 1 aliphatic carbocycles. The monoisotopic (exact) mass is 598 g/mol. The lowest BCUT2D eigenvalue weighted by molar-refractivity contribution is 0.104. The average molecular weight is 598 g/mol. The summed E-state index contributed by atoms with van der Waals surface area (Å²) >= 11 is 3.71. The third-order valence-electron chi connectivity index (χ3n) is 5.48. The van der Waals surface area contributed by atoms with E-state index in [1.807, 2.05) is 17.5 Å². The number of nitrogens with two attached hydrogens (primary N) is 1. The number of hydrogen-bond acceptors (Lipinski definition) is 8. The Labute approximate surface area is 210 Å². The highest BCUT2D eigenvalue weighted by atomic mass is 127. The number of nitrogens with zero attached hydrogens (tertiary/aromatic N) is 2. The highest BCUT2D eigenvalue weighted by Gasteiger charge is 2.27. The van der Waals surface area contributed by atoms with Crippen molar-refractivity contribution >= 4 is 55.8 Å². The molecule has 0 radical (unpaired) electrons. The van der Waals surface area contributed by atoms with Gasteiger partial charge in [0.2, 0.25) is 5.78 Å². The topological polar surface area (TPSA) is 124 Å². The molecule has 0 aliphatic heterocycles. The maximum Gasteiger partial charge on any atom is 0.333 e.